The van der Waals surface area contributed by atoms with E-state index in [1.807, 2.05) is 14.2 Å². The van der Waals surface area contributed by atoms with Crippen LogP contribution in [0.3, 0.4) is 0 Å². The first-order valence-corrected chi connectivity index (χ1v) is 7.25. The first kappa shape index (κ1) is 16.2. The molecule has 1 aromatic carbocycles. The van der Waals surface area contributed by atoms with Gasteiger partial charge in [0.25, 0.3) is 0 Å². The Morgan fingerprint density at radius 3 is 2.00 bits per heavy atom. The minimum atomic E-state index is -0.138. The maximum atomic E-state index is 5.91. The highest BCUT2D eigenvalue weighted by molar-refractivity contribution is 5.39. The van der Waals surface area contributed by atoms with Crippen molar-refractivity contribution < 1.29 is 4.74 Å². The molecule has 2 heteroatoms. The molecule has 108 valence electrons. The zero-order valence-corrected chi connectivity index (χ0v) is 13.6. The van der Waals surface area contributed by atoms with E-state index >= 15 is 0 Å². The van der Waals surface area contributed by atoms with Crippen molar-refractivity contribution in [2.24, 2.45) is 0 Å². The lowest BCUT2D eigenvalue weighted by Crippen LogP contribution is -2.44. The molecule has 0 aromatic heterocycles. The Kier molecular flexibility index (Phi) is 5.57. The predicted molar refractivity (Wildman–Crippen MR) is 82.8 cm³/mol. The van der Waals surface area contributed by atoms with Gasteiger partial charge >= 0.3 is 0 Å². The molecule has 2 nitrogen and oxygen atoms in total. The van der Waals surface area contributed by atoms with Crippen LogP contribution >= 0.6 is 0 Å². The van der Waals surface area contributed by atoms with Gasteiger partial charge in [0.05, 0.1) is 11.6 Å². The summed E-state index contributed by atoms with van der Waals surface area (Å²) in [6.45, 7) is 10.9. The molecule has 1 atom stereocenters. The van der Waals surface area contributed by atoms with E-state index in [1.165, 1.54) is 22.3 Å². The Morgan fingerprint density at radius 1 is 1.05 bits per heavy atom. The summed E-state index contributed by atoms with van der Waals surface area (Å²) in [4.78, 5) is 0. The lowest BCUT2D eigenvalue weighted by molar-refractivity contribution is -0.0469. The summed E-state index contributed by atoms with van der Waals surface area (Å²) in [6.07, 6.45) is 2.00. The van der Waals surface area contributed by atoms with Gasteiger partial charge in [-0.2, -0.15) is 0 Å². The Morgan fingerprint density at radius 2 is 1.58 bits per heavy atom. The molecule has 1 aromatic rings. The van der Waals surface area contributed by atoms with E-state index in [0.29, 0.717) is 0 Å². The molecular weight excluding hydrogens is 234 g/mol. The molecule has 0 aliphatic heterocycles. The highest BCUT2D eigenvalue weighted by Gasteiger charge is 2.36. The minimum absolute atomic E-state index is 0.138. The molecule has 1 rings (SSSR count). The van der Waals surface area contributed by atoms with E-state index in [1.54, 1.807) is 0 Å². The maximum absolute atomic E-state index is 5.91. The summed E-state index contributed by atoms with van der Waals surface area (Å²) < 4.78 is 5.91. The molecule has 0 fully saturated rings. The number of rotatable bonds is 6. The summed E-state index contributed by atoms with van der Waals surface area (Å²) >= 11 is 0. The second-order valence-corrected chi connectivity index (χ2v) is 5.49. The van der Waals surface area contributed by atoms with Gasteiger partial charge in [0.1, 0.15) is 0 Å². The first-order valence-electron chi connectivity index (χ1n) is 7.25. The largest absolute Gasteiger partial charge is 0.376 e. The molecule has 0 heterocycles. The number of methoxy groups -OCH3 is 1. The van der Waals surface area contributed by atoms with E-state index < -0.39 is 0 Å². The third-order valence-corrected chi connectivity index (χ3v) is 4.61. The molecular formula is C17H29NO. The Balaban J connectivity index is 3.34. The van der Waals surface area contributed by atoms with Crippen molar-refractivity contribution in [1.82, 2.24) is 5.32 Å². The Bertz CT molecular complexity index is 413. The number of likely N-dealkylation sites (N-methyl/N-ethyl adjacent to an activating group) is 1. The summed E-state index contributed by atoms with van der Waals surface area (Å²) in [5.74, 6) is 0. The zero-order valence-electron chi connectivity index (χ0n) is 13.6. The minimum Gasteiger partial charge on any atom is -0.376 e. The fourth-order valence-electron chi connectivity index (χ4n) is 3.06. The first-order chi connectivity index (χ1) is 8.95. The normalized spacial score (nSPS) is 13.6. The third-order valence-electron chi connectivity index (χ3n) is 4.61. The SMILES string of the molecule is CCC(CC)(OC)C(NC)c1cc(C)c(C)cc1C. The quantitative estimate of drug-likeness (QED) is 0.835. The van der Waals surface area contributed by atoms with Crippen LogP contribution in [-0.2, 0) is 4.74 Å². The van der Waals surface area contributed by atoms with Gasteiger partial charge in [-0.3, -0.25) is 0 Å². The van der Waals surface area contributed by atoms with Gasteiger partial charge in [-0.1, -0.05) is 26.0 Å². The van der Waals surface area contributed by atoms with Crippen LogP contribution in [0, 0.1) is 20.8 Å². The molecule has 19 heavy (non-hydrogen) atoms. The van der Waals surface area contributed by atoms with E-state index in [4.69, 9.17) is 4.74 Å². The molecule has 0 aliphatic carbocycles. The van der Waals surface area contributed by atoms with Gasteiger partial charge in [-0.15, -0.1) is 0 Å². The van der Waals surface area contributed by atoms with Crippen LogP contribution in [0.4, 0.5) is 0 Å². The van der Waals surface area contributed by atoms with E-state index in [0.717, 1.165) is 12.8 Å². The molecule has 0 amide bonds. The summed E-state index contributed by atoms with van der Waals surface area (Å²) in [6, 6.07) is 4.82. The van der Waals surface area contributed by atoms with Crippen molar-refractivity contribution >= 4 is 0 Å². The molecule has 0 radical (unpaired) electrons. The monoisotopic (exact) mass is 263 g/mol. The van der Waals surface area contributed by atoms with E-state index in [9.17, 15) is 0 Å². The number of nitrogens with one attached hydrogen (secondary N) is 1. The highest BCUT2D eigenvalue weighted by Crippen LogP contribution is 2.36. The average molecular weight is 263 g/mol. The van der Waals surface area contributed by atoms with Crippen molar-refractivity contribution in [3.63, 3.8) is 0 Å². The standard InChI is InChI=1S/C17H29NO/c1-8-17(9-2,19-7)16(18-6)15-11-13(4)12(3)10-14(15)5/h10-11,16,18H,8-9H2,1-7H3. The van der Waals surface area contributed by atoms with Crippen LogP contribution in [0.2, 0.25) is 0 Å². The van der Waals surface area contributed by atoms with Gasteiger partial charge in [0, 0.05) is 7.11 Å². The predicted octanol–water partition coefficient (Wildman–Crippen LogP) is 4.08. The van der Waals surface area contributed by atoms with Crippen LogP contribution in [-0.4, -0.2) is 19.8 Å². The number of benzene rings is 1. The summed E-state index contributed by atoms with van der Waals surface area (Å²) in [5.41, 5.74) is 5.26. The average Bonchev–Trinajstić information content (AvgIpc) is 2.41. The molecule has 0 saturated carbocycles. The van der Waals surface area contributed by atoms with Crippen molar-refractivity contribution in [3.8, 4) is 0 Å². The van der Waals surface area contributed by atoms with Crippen LogP contribution in [0.15, 0.2) is 12.1 Å². The molecule has 0 bridgehead atoms. The van der Waals surface area contributed by atoms with Crippen molar-refractivity contribution in [1.29, 1.82) is 0 Å². The van der Waals surface area contributed by atoms with Crippen LogP contribution in [0.25, 0.3) is 0 Å². The van der Waals surface area contributed by atoms with Crippen molar-refractivity contribution in [2.75, 3.05) is 14.2 Å². The number of ether oxygens (including phenoxy) is 1. The number of hydrogen-bond donors (Lipinski definition) is 1. The zero-order chi connectivity index (χ0) is 14.6. The van der Waals surface area contributed by atoms with E-state index in [-0.39, 0.29) is 11.6 Å². The maximum Gasteiger partial charge on any atom is 0.0867 e. The second kappa shape index (κ2) is 6.53. The van der Waals surface area contributed by atoms with Crippen molar-refractivity contribution in [3.05, 3.63) is 34.4 Å². The topological polar surface area (TPSA) is 21.3 Å². The Labute approximate surface area is 118 Å². The molecule has 0 aliphatic rings. The van der Waals surface area contributed by atoms with Gasteiger partial charge in [-0.05, 0) is 62.9 Å². The molecule has 1 N–H and O–H groups in total. The second-order valence-electron chi connectivity index (χ2n) is 5.49. The molecule has 0 spiro atoms. The molecule has 1 unspecified atom stereocenters. The highest BCUT2D eigenvalue weighted by atomic mass is 16.5. The van der Waals surface area contributed by atoms with Crippen LogP contribution < -0.4 is 5.32 Å². The fourth-order valence-corrected chi connectivity index (χ4v) is 3.06. The third kappa shape index (κ3) is 3.01. The smallest absolute Gasteiger partial charge is 0.0867 e. The number of hydrogen-bond acceptors (Lipinski definition) is 2. The van der Waals surface area contributed by atoms with Gasteiger partial charge in [0.2, 0.25) is 0 Å². The summed E-state index contributed by atoms with van der Waals surface area (Å²) in [5, 5.41) is 3.47. The van der Waals surface area contributed by atoms with E-state index in [2.05, 4.69) is 52.1 Å². The lowest BCUT2D eigenvalue weighted by atomic mass is 9.81. The Hall–Kier alpha value is -0.860. The van der Waals surface area contributed by atoms with Crippen LogP contribution in [0.5, 0.6) is 0 Å². The molecule has 0 saturated heterocycles. The van der Waals surface area contributed by atoms with Gasteiger partial charge < -0.3 is 10.1 Å². The lowest BCUT2D eigenvalue weighted by Gasteiger charge is -2.39. The van der Waals surface area contributed by atoms with Crippen LogP contribution in [0.1, 0.15) is 55.0 Å². The van der Waals surface area contributed by atoms with Crippen molar-refractivity contribution in [2.45, 2.75) is 59.1 Å². The van der Waals surface area contributed by atoms with Gasteiger partial charge in [-0.25, -0.2) is 0 Å². The number of aryl methyl sites for hydroxylation is 3. The van der Waals surface area contributed by atoms with Gasteiger partial charge in [0.15, 0.2) is 0 Å². The fraction of sp³-hybridized carbons (Fsp3) is 0.647. The summed E-state index contributed by atoms with van der Waals surface area (Å²) in [7, 11) is 3.85.